The van der Waals surface area contributed by atoms with E-state index in [0.717, 1.165) is 11.1 Å². The van der Waals surface area contributed by atoms with E-state index in [-0.39, 0.29) is 0 Å². The molecule has 1 aliphatic heterocycles. The van der Waals surface area contributed by atoms with Gasteiger partial charge in [0.1, 0.15) is 5.82 Å². The van der Waals surface area contributed by atoms with Gasteiger partial charge in [-0.05, 0) is 69.9 Å². The highest BCUT2D eigenvalue weighted by molar-refractivity contribution is 6.63. The van der Waals surface area contributed by atoms with Gasteiger partial charge in [-0.1, -0.05) is 29.8 Å². The summed E-state index contributed by atoms with van der Waals surface area (Å²) in [5.74, 6) is 0.599. The summed E-state index contributed by atoms with van der Waals surface area (Å²) in [7, 11) is 0.649. The highest BCUT2D eigenvalue weighted by Gasteiger charge is 2.52. The number of carbonyl (C=O) groups is 1. The van der Waals surface area contributed by atoms with Gasteiger partial charge in [0, 0.05) is 29.0 Å². The Morgan fingerprint density at radius 2 is 1.75 bits per heavy atom. The van der Waals surface area contributed by atoms with Crippen LogP contribution in [0.5, 0.6) is 0 Å². The van der Waals surface area contributed by atoms with Crippen molar-refractivity contribution in [1.29, 1.82) is 0 Å². The van der Waals surface area contributed by atoms with E-state index in [2.05, 4.69) is 20.6 Å². The lowest BCUT2D eigenvalue weighted by Gasteiger charge is -2.32. The summed E-state index contributed by atoms with van der Waals surface area (Å²) >= 11 is 5.97. The molecular weight excluding hydrogens is 479 g/mol. The number of ether oxygens (including phenoxy) is 1. The van der Waals surface area contributed by atoms with Crippen LogP contribution in [-0.4, -0.2) is 41.4 Å². The Morgan fingerprint density at radius 1 is 1.08 bits per heavy atom. The zero-order chi connectivity index (χ0) is 26.1. The molecule has 0 atom stereocenters. The van der Waals surface area contributed by atoms with E-state index < -0.39 is 24.3 Å². The van der Waals surface area contributed by atoms with Crippen LogP contribution in [0.15, 0.2) is 48.7 Å². The minimum Gasteiger partial charge on any atom is -0.465 e. The van der Waals surface area contributed by atoms with Crippen molar-refractivity contribution in [1.82, 2.24) is 9.97 Å². The summed E-state index contributed by atoms with van der Waals surface area (Å²) in [6, 6.07) is 12.9. The molecule has 1 fully saturated rings. The van der Waals surface area contributed by atoms with E-state index in [0.29, 0.717) is 40.0 Å². The zero-order valence-corrected chi connectivity index (χ0v) is 22.1. The third-order valence-electron chi connectivity index (χ3n) is 6.57. The van der Waals surface area contributed by atoms with E-state index in [1.165, 1.54) is 7.11 Å². The van der Waals surface area contributed by atoms with Gasteiger partial charge < -0.3 is 24.7 Å². The van der Waals surface area contributed by atoms with Crippen molar-refractivity contribution in [3.05, 3.63) is 70.4 Å². The van der Waals surface area contributed by atoms with Crippen molar-refractivity contribution < 1.29 is 18.8 Å². The standard InChI is InChI=1S/C26H30BClN4O4/c1-16-14-30-24(32-22(16)29-15-17-7-9-18(28)10-8-17)31-19-11-12-21(20(13-19)23(33)34-6)27-35-25(2,3)26(4,5)36-27/h7-14H,15H2,1-6H3,(H2,29,30,31,32). The lowest BCUT2D eigenvalue weighted by atomic mass is 9.75. The number of rotatable bonds is 7. The van der Waals surface area contributed by atoms with Gasteiger partial charge in [0.25, 0.3) is 0 Å². The van der Waals surface area contributed by atoms with Gasteiger partial charge in [0.2, 0.25) is 5.95 Å². The Morgan fingerprint density at radius 3 is 2.39 bits per heavy atom. The third-order valence-corrected chi connectivity index (χ3v) is 6.82. The van der Waals surface area contributed by atoms with Crippen molar-refractivity contribution in [2.75, 3.05) is 17.7 Å². The molecule has 4 rings (SSSR count). The molecule has 2 heterocycles. The van der Waals surface area contributed by atoms with Crippen molar-refractivity contribution in [3.8, 4) is 0 Å². The molecule has 8 nitrogen and oxygen atoms in total. The Kier molecular flexibility index (Phi) is 7.27. The number of hydrogen-bond donors (Lipinski definition) is 2. The minimum atomic E-state index is -0.697. The van der Waals surface area contributed by atoms with Crippen LogP contribution in [0, 0.1) is 6.92 Å². The second kappa shape index (κ2) is 10.1. The lowest BCUT2D eigenvalue weighted by Crippen LogP contribution is -2.41. The summed E-state index contributed by atoms with van der Waals surface area (Å²) in [6.07, 6.45) is 1.74. The number of nitrogens with one attached hydrogen (secondary N) is 2. The molecule has 3 aromatic rings. The predicted molar refractivity (Wildman–Crippen MR) is 142 cm³/mol. The number of aryl methyl sites for hydroxylation is 1. The molecule has 1 saturated heterocycles. The maximum absolute atomic E-state index is 12.6. The molecular formula is C26H30BClN4O4. The lowest BCUT2D eigenvalue weighted by molar-refractivity contribution is 0.00578. The largest absolute Gasteiger partial charge is 0.495 e. The van der Waals surface area contributed by atoms with Crippen LogP contribution in [0.3, 0.4) is 0 Å². The normalized spacial score (nSPS) is 16.0. The molecule has 2 N–H and O–H groups in total. The molecule has 36 heavy (non-hydrogen) atoms. The number of methoxy groups -OCH3 is 1. The minimum absolute atomic E-state index is 0.342. The van der Waals surface area contributed by atoms with Gasteiger partial charge in [0.05, 0.1) is 23.9 Å². The molecule has 10 heteroatoms. The quantitative estimate of drug-likeness (QED) is 0.344. The number of aromatic nitrogens is 2. The maximum atomic E-state index is 12.6. The Labute approximate surface area is 216 Å². The fraction of sp³-hybridized carbons (Fsp3) is 0.346. The molecule has 0 bridgehead atoms. The number of anilines is 3. The predicted octanol–water partition coefficient (Wildman–Crippen LogP) is 4.88. The number of esters is 1. The Balaban J connectivity index is 1.55. The highest BCUT2D eigenvalue weighted by Crippen LogP contribution is 2.37. The van der Waals surface area contributed by atoms with Gasteiger partial charge in [0.15, 0.2) is 0 Å². The van der Waals surface area contributed by atoms with Crippen LogP contribution in [0.2, 0.25) is 5.02 Å². The van der Waals surface area contributed by atoms with E-state index >= 15 is 0 Å². The Bertz CT molecular complexity index is 1250. The number of benzene rings is 2. The van der Waals surface area contributed by atoms with E-state index in [4.69, 9.17) is 25.6 Å². The third kappa shape index (κ3) is 5.48. The topological polar surface area (TPSA) is 94.6 Å². The van der Waals surface area contributed by atoms with Crippen LogP contribution in [-0.2, 0) is 20.6 Å². The smallest absolute Gasteiger partial charge is 0.465 e. The monoisotopic (exact) mass is 508 g/mol. The van der Waals surface area contributed by atoms with Crippen LogP contribution < -0.4 is 16.1 Å². The number of carbonyl (C=O) groups excluding carboxylic acids is 1. The molecule has 0 spiro atoms. The molecule has 188 valence electrons. The summed E-state index contributed by atoms with van der Waals surface area (Å²) in [6.45, 7) is 10.4. The first-order valence-electron chi connectivity index (χ1n) is 11.7. The Hall–Kier alpha value is -3.14. The second-order valence-electron chi connectivity index (χ2n) is 9.71. The van der Waals surface area contributed by atoms with Crippen molar-refractivity contribution in [2.24, 2.45) is 0 Å². The first kappa shape index (κ1) is 25.9. The van der Waals surface area contributed by atoms with E-state index in [1.54, 1.807) is 18.3 Å². The van der Waals surface area contributed by atoms with Crippen LogP contribution in [0.25, 0.3) is 0 Å². The van der Waals surface area contributed by atoms with Crippen molar-refractivity contribution in [2.45, 2.75) is 52.4 Å². The van der Waals surface area contributed by atoms with Gasteiger partial charge in [-0.2, -0.15) is 4.98 Å². The first-order chi connectivity index (χ1) is 17.0. The molecule has 1 aromatic heterocycles. The highest BCUT2D eigenvalue weighted by atomic mass is 35.5. The maximum Gasteiger partial charge on any atom is 0.495 e. The molecule has 0 amide bonds. The van der Waals surface area contributed by atoms with E-state index in [1.807, 2.05) is 65.0 Å². The first-order valence-corrected chi connectivity index (χ1v) is 12.0. The summed E-state index contributed by atoms with van der Waals surface area (Å²) in [5, 5.41) is 7.21. The summed E-state index contributed by atoms with van der Waals surface area (Å²) in [4.78, 5) is 21.6. The fourth-order valence-electron chi connectivity index (χ4n) is 3.69. The van der Waals surface area contributed by atoms with Gasteiger partial charge in [-0.15, -0.1) is 0 Å². The molecule has 0 radical (unpaired) electrons. The fourth-order valence-corrected chi connectivity index (χ4v) is 3.82. The van der Waals surface area contributed by atoms with Crippen molar-refractivity contribution >= 4 is 47.6 Å². The van der Waals surface area contributed by atoms with Gasteiger partial charge >= 0.3 is 13.1 Å². The molecule has 0 unspecified atom stereocenters. The van der Waals surface area contributed by atoms with Crippen LogP contribution >= 0.6 is 11.6 Å². The SMILES string of the molecule is COC(=O)c1cc(Nc2ncc(C)c(NCc3ccc(Cl)cc3)n2)ccc1B1OC(C)(C)C(C)(C)O1. The molecule has 0 aliphatic carbocycles. The molecule has 0 saturated carbocycles. The number of halogens is 1. The van der Waals surface area contributed by atoms with Crippen LogP contribution in [0.1, 0.15) is 49.2 Å². The average molecular weight is 509 g/mol. The van der Waals surface area contributed by atoms with Crippen molar-refractivity contribution in [3.63, 3.8) is 0 Å². The van der Waals surface area contributed by atoms with E-state index in [9.17, 15) is 4.79 Å². The van der Waals surface area contributed by atoms with Crippen LogP contribution in [0.4, 0.5) is 17.5 Å². The second-order valence-corrected chi connectivity index (χ2v) is 10.1. The molecule has 2 aromatic carbocycles. The number of hydrogen-bond acceptors (Lipinski definition) is 8. The van der Waals surface area contributed by atoms with Gasteiger partial charge in [-0.3, -0.25) is 0 Å². The zero-order valence-electron chi connectivity index (χ0n) is 21.3. The average Bonchev–Trinajstić information content (AvgIpc) is 3.06. The molecule has 1 aliphatic rings. The number of nitrogens with zero attached hydrogens (tertiary/aromatic N) is 2. The summed E-state index contributed by atoms with van der Waals surface area (Å²) in [5.41, 5.74) is 2.48. The summed E-state index contributed by atoms with van der Waals surface area (Å²) < 4.78 is 17.3. The van der Waals surface area contributed by atoms with Gasteiger partial charge in [-0.25, -0.2) is 9.78 Å².